The van der Waals surface area contributed by atoms with Crippen LogP contribution in [-0.4, -0.2) is 46.2 Å². The second-order valence-corrected chi connectivity index (χ2v) is 14.0. The van der Waals surface area contributed by atoms with Crippen LogP contribution in [0.15, 0.2) is 76.5 Å². The minimum absolute atomic E-state index is 0.123. The Labute approximate surface area is 237 Å². The van der Waals surface area contributed by atoms with Crippen molar-refractivity contribution in [3.63, 3.8) is 0 Å². The number of rotatable bonds is 10. The third-order valence-electron chi connectivity index (χ3n) is 7.11. The van der Waals surface area contributed by atoms with Gasteiger partial charge in [-0.3, -0.25) is 4.79 Å². The van der Waals surface area contributed by atoms with Crippen molar-refractivity contribution in [3.05, 3.63) is 94.5 Å². The third-order valence-corrected chi connectivity index (χ3v) is 10.8. The molecule has 2 N–H and O–H groups in total. The summed E-state index contributed by atoms with van der Waals surface area (Å²) in [5.74, 6) is -0.472. The number of carbonyl (C=O) groups is 1. The average molecular weight is 584 g/mol. The Bertz CT molecular complexity index is 1530. The molecule has 0 bridgehead atoms. The van der Waals surface area contributed by atoms with Crippen LogP contribution in [0.2, 0.25) is 0 Å². The number of amides is 1. The lowest BCUT2D eigenvalue weighted by molar-refractivity contribution is -0.122. The Morgan fingerprint density at radius 3 is 2.02 bits per heavy atom. The van der Waals surface area contributed by atoms with Crippen LogP contribution in [0.4, 0.5) is 0 Å². The molecule has 0 saturated carbocycles. The van der Waals surface area contributed by atoms with Crippen molar-refractivity contribution in [3.8, 4) is 0 Å². The Morgan fingerprint density at radius 1 is 0.825 bits per heavy atom. The van der Waals surface area contributed by atoms with Crippen LogP contribution < -0.4 is 10.0 Å². The van der Waals surface area contributed by atoms with Crippen LogP contribution in [0.5, 0.6) is 0 Å². The van der Waals surface area contributed by atoms with E-state index in [0.717, 1.165) is 30.4 Å². The molecule has 0 spiro atoms. The van der Waals surface area contributed by atoms with Crippen LogP contribution >= 0.6 is 0 Å². The molecule has 3 aromatic rings. The largest absolute Gasteiger partial charge is 0.351 e. The Hall–Kier alpha value is -3.05. The van der Waals surface area contributed by atoms with Gasteiger partial charge in [0.15, 0.2) is 0 Å². The van der Waals surface area contributed by atoms with E-state index >= 15 is 0 Å². The third kappa shape index (κ3) is 7.17. The summed E-state index contributed by atoms with van der Waals surface area (Å²) in [6.07, 6.45) is 2.93. The normalized spacial score (nSPS) is 15.5. The molecule has 1 aliphatic heterocycles. The van der Waals surface area contributed by atoms with Gasteiger partial charge in [-0.1, -0.05) is 66.6 Å². The Kier molecular flexibility index (Phi) is 9.45. The highest BCUT2D eigenvalue weighted by Gasteiger charge is 2.29. The number of hydrogen-bond acceptors (Lipinski definition) is 5. The number of aryl methyl sites for hydroxylation is 3. The van der Waals surface area contributed by atoms with Gasteiger partial charge in [0.2, 0.25) is 26.0 Å². The van der Waals surface area contributed by atoms with Crippen LogP contribution in [0.1, 0.15) is 47.1 Å². The minimum atomic E-state index is -4.00. The molecule has 1 aliphatic rings. The molecule has 1 heterocycles. The summed E-state index contributed by atoms with van der Waals surface area (Å²) in [5, 5.41) is 2.83. The van der Waals surface area contributed by atoms with E-state index < -0.39 is 32.0 Å². The zero-order valence-corrected chi connectivity index (χ0v) is 24.8. The van der Waals surface area contributed by atoms with Crippen molar-refractivity contribution in [1.29, 1.82) is 0 Å². The van der Waals surface area contributed by atoms with Gasteiger partial charge in [0.05, 0.1) is 9.79 Å². The molecular weight excluding hydrogens is 546 g/mol. The molecule has 1 fully saturated rings. The number of carbonyl (C=O) groups excluding carboxylic acids is 1. The molecule has 1 saturated heterocycles. The molecule has 0 radical (unpaired) electrons. The number of nitrogens with zero attached hydrogens (tertiary/aromatic N) is 1. The van der Waals surface area contributed by atoms with Gasteiger partial charge in [-0.2, -0.15) is 9.03 Å². The number of benzene rings is 3. The number of sulfonamides is 2. The maximum absolute atomic E-state index is 13.5. The summed E-state index contributed by atoms with van der Waals surface area (Å²) in [4.78, 5) is 13.7. The highest BCUT2D eigenvalue weighted by molar-refractivity contribution is 7.89. The molecule has 0 aliphatic carbocycles. The van der Waals surface area contributed by atoms with E-state index in [1.165, 1.54) is 4.31 Å². The van der Waals surface area contributed by atoms with Gasteiger partial charge < -0.3 is 5.32 Å². The van der Waals surface area contributed by atoms with E-state index in [1.54, 1.807) is 38.1 Å². The zero-order chi connectivity index (χ0) is 28.9. The molecule has 1 atom stereocenters. The molecular formula is C30H37N3O5S2. The molecule has 1 amide bonds. The molecule has 8 nitrogen and oxygen atoms in total. The number of nitrogens with one attached hydrogen (secondary N) is 2. The monoisotopic (exact) mass is 583 g/mol. The first-order valence-corrected chi connectivity index (χ1v) is 16.4. The maximum Gasteiger partial charge on any atom is 0.243 e. The number of piperidine rings is 1. The highest BCUT2D eigenvalue weighted by Crippen LogP contribution is 2.23. The van der Waals surface area contributed by atoms with E-state index in [1.807, 2.05) is 49.4 Å². The number of hydrogen-bond donors (Lipinski definition) is 2. The molecule has 10 heteroatoms. The van der Waals surface area contributed by atoms with Gasteiger partial charge in [-0.05, 0) is 74.4 Å². The Balaban J connectivity index is 1.50. The van der Waals surface area contributed by atoms with Crippen molar-refractivity contribution >= 4 is 26.0 Å². The van der Waals surface area contributed by atoms with Crippen molar-refractivity contribution in [2.75, 3.05) is 13.1 Å². The standard InChI is InChI=1S/C30H37N3O5S2/c1-22-18-23(2)29(24(3)19-22)39(35,36)32-28(20-25-10-6-4-7-11-25)30(34)31-21-26-12-14-27(15-13-26)40(37,38)33-16-8-5-9-17-33/h4,6-7,10-15,18-19,28,32H,5,8-9,16-17,20-21H2,1-3H3,(H,31,34)/t28-/m0/s1. The van der Waals surface area contributed by atoms with Gasteiger partial charge in [0, 0.05) is 19.6 Å². The average Bonchev–Trinajstić information content (AvgIpc) is 2.92. The molecule has 214 valence electrons. The molecule has 4 rings (SSSR count). The van der Waals surface area contributed by atoms with E-state index in [2.05, 4.69) is 10.0 Å². The fourth-order valence-corrected chi connectivity index (χ4v) is 8.39. The van der Waals surface area contributed by atoms with E-state index in [9.17, 15) is 21.6 Å². The van der Waals surface area contributed by atoms with Gasteiger partial charge >= 0.3 is 0 Å². The molecule has 40 heavy (non-hydrogen) atoms. The van der Waals surface area contributed by atoms with Gasteiger partial charge in [0.1, 0.15) is 6.04 Å². The van der Waals surface area contributed by atoms with Crippen LogP contribution in [0, 0.1) is 20.8 Å². The molecule has 0 aromatic heterocycles. The van der Waals surface area contributed by atoms with E-state index in [-0.39, 0.29) is 22.8 Å². The summed E-state index contributed by atoms with van der Waals surface area (Å²) < 4.78 is 57.0. The summed E-state index contributed by atoms with van der Waals surface area (Å²) in [7, 11) is -7.55. The van der Waals surface area contributed by atoms with Crippen molar-refractivity contribution < 1.29 is 21.6 Å². The predicted molar refractivity (Wildman–Crippen MR) is 156 cm³/mol. The fraction of sp³-hybridized carbons (Fsp3) is 0.367. The van der Waals surface area contributed by atoms with Crippen LogP contribution in [-0.2, 0) is 37.8 Å². The first-order valence-electron chi connectivity index (χ1n) is 13.5. The quantitative estimate of drug-likeness (QED) is 0.375. The lowest BCUT2D eigenvalue weighted by Crippen LogP contribution is -2.48. The lowest BCUT2D eigenvalue weighted by Gasteiger charge is -2.25. The van der Waals surface area contributed by atoms with E-state index in [4.69, 9.17) is 0 Å². The second-order valence-electron chi connectivity index (χ2n) is 10.4. The Morgan fingerprint density at radius 2 is 1.43 bits per heavy atom. The minimum Gasteiger partial charge on any atom is -0.351 e. The van der Waals surface area contributed by atoms with Crippen LogP contribution in [0.25, 0.3) is 0 Å². The van der Waals surface area contributed by atoms with Gasteiger partial charge in [-0.25, -0.2) is 16.8 Å². The SMILES string of the molecule is Cc1cc(C)c(S(=O)(=O)N[C@@H](Cc2ccccc2)C(=O)NCc2ccc(S(=O)(=O)N3CCCCC3)cc2)c(C)c1. The smallest absolute Gasteiger partial charge is 0.243 e. The van der Waals surface area contributed by atoms with Crippen molar-refractivity contribution in [2.45, 2.75) is 68.8 Å². The topological polar surface area (TPSA) is 113 Å². The fourth-order valence-electron chi connectivity index (χ4n) is 5.22. The van der Waals surface area contributed by atoms with Crippen molar-refractivity contribution in [1.82, 2.24) is 14.3 Å². The summed E-state index contributed by atoms with van der Waals surface area (Å²) in [5.41, 5.74) is 3.71. The predicted octanol–water partition coefficient (Wildman–Crippen LogP) is 3.99. The summed E-state index contributed by atoms with van der Waals surface area (Å²) in [6.45, 7) is 6.58. The summed E-state index contributed by atoms with van der Waals surface area (Å²) >= 11 is 0. The lowest BCUT2D eigenvalue weighted by atomic mass is 10.1. The maximum atomic E-state index is 13.5. The van der Waals surface area contributed by atoms with Gasteiger partial charge in [-0.15, -0.1) is 0 Å². The summed E-state index contributed by atoms with van der Waals surface area (Å²) in [6, 6.07) is 18.3. The second kappa shape index (κ2) is 12.6. The van der Waals surface area contributed by atoms with Crippen molar-refractivity contribution in [2.24, 2.45) is 0 Å². The molecule has 3 aromatic carbocycles. The molecule has 0 unspecified atom stereocenters. The van der Waals surface area contributed by atoms with E-state index in [0.29, 0.717) is 29.8 Å². The highest BCUT2D eigenvalue weighted by atomic mass is 32.2. The first-order chi connectivity index (χ1) is 19.0. The first kappa shape index (κ1) is 29.9. The van der Waals surface area contributed by atoms with Crippen LogP contribution in [0.3, 0.4) is 0 Å². The van der Waals surface area contributed by atoms with Gasteiger partial charge in [0.25, 0.3) is 0 Å². The zero-order valence-electron chi connectivity index (χ0n) is 23.2.